The molecule has 0 amide bonds. The van der Waals surface area contributed by atoms with E-state index in [1.54, 1.807) is 0 Å². The van der Waals surface area contributed by atoms with Crippen molar-refractivity contribution in [3.05, 3.63) is 28.6 Å². The summed E-state index contributed by atoms with van der Waals surface area (Å²) in [7, 11) is 1.53. The molecule has 0 bridgehead atoms. The van der Waals surface area contributed by atoms with Crippen molar-refractivity contribution in [2.75, 3.05) is 7.11 Å². The van der Waals surface area contributed by atoms with Gasteiger partial charge in [0.1, 0.15) is 0 Å². The van der Waals surface area contributed by atoms with Crippen LogP contribution in [0.5, 0.6) is 0 Å². The Morgan fingerprint density at radius 1 is 0.786 bits per heavy atom. The van der Waals surface area contributed by atoms with Gasteiger partial charge >= 0.3 is 5.97 Å². The van der Waals surface area contributed by atoms with Crippen molar-refractivity contribution in [2.45, 2.75) is 114 Å². The van der Waals surface area contributed by atoms with E-state index in [1.165, 1.54) is 115 Å². The van der Waals surface area contributed by atoms with Gasteiger partial charge in [0.05, 0.1) is 18.4 Å². The molecular weight excluding hydrogens is 346 g/mol. The zero-order valence-corrected chi connectivity index (χ0v) is 17.7. The second kappa shape index (κ2) is 9.41. The molecule has 3 aliphatic rings. The normalized spacial score (nSPS) is 22.9. The van der Waals surface area contributed by atoms with Gasteiger partial charge in [0.15, 0.2) is 0 Å². The Hall–Kier alpha value is -1.38. The minimum atomic E-state index is -0.149. The molecule has 1 heterocycles. The first-order valence-electron chi connectivity index (χ1n) is 11.9. The summed E-state index contributed by atoms with van der Waals surface area (Å²) in [6, 6.07) is 2.34. The van der Waals surface area contributed by atoms with Crippen LogP contribution in [0.25, 0.3) is 0 Å². The number of ether oxygens (including phenoxy) is 1. The Balaban J connectivity index is 1.80. The first kappa shape index (κ1) is 19.9. The number of carbonyl (C=O) groups is 1. The summed E-state index contributed by atoms with van der Waals surface area (Å²) in [5, 5.41) is 0. The van der Waals surface area contributed by atoms with Crippen molar-refractivity contribution in [1.29, 1.82) is 0 Å². The van der Waals surface area contributed by atoms with E-state index in [-0.39, 0.29) is 5.97 Å². The maximum Gasteiger partial charge on any atom is 0.340 e. The molecule has 3 fully saturated rings. The monoisotopic (exact) mass is 383 g/mol. The predicted octanol–water partition coefficient (Wildman–Crippen LogP) is 7.01. The van der Waals surface area contributed by atoms with E-state index in [4.69, 9.17) is 9.72 Å². The number of methoxy groups -OCH3 is 1. The van der Waals surface area contributed by atoms with Crippen LogP contribution in [0.1, 0.15) is 141 Å². The van der Waals surface area contributed by atoms with E-state index in [0.717, 1.165) is 11.3 Å². The fraction of sp³-hybridized carbons (Fsp3) is 0.760. The third kappa shape index (κ3) is 4.28. The van der Waals surface area contributed by atoms with Gasteiger partial charge in [0.2, 0.25) is 0 Å². The van der Waals surface area contributed by atoms with Gasteiger partial charge in [-0.3, -0.25) is 4.98 Å². The lowest BCUT2D eigenvalue weighted by atomic mass is 9.77. The molecule has 3 nitrogen and oxygen atoms in total. The second-order valence-corrected chi connectivity index (χ2v) is 9.39. The van der Waals surface area contributed by atoms with Crippen molar-refractivity contribution in [2.24, 2.45) is 0 Å². The van der Waals surface area contributed by atoms with Gasteiger partial charge in [-0.1, -0.05) is 57.8 Å². The fourth-order valence-corrected chi connectivity index (χ4v) is 5.95. The Kier molecular flexibility index (Phi) is 6.69. The Labute approximate surface area is 170 Å². The molecule has 0 atom stereocenters. The number of esters is 1. The highest BCUT2D eigenvalue weighted by Gasteiger charge is 2.32. The summed E-state index contributed by atoms with van der Waals surface area (Å²) >= 11 is 0. The zero-order valence-electron chi connectivity index (χ0n) is 17.7. The highest BCUT2D eigenvalue weighted by Crippen LogP contribution is 2.42. The summed E-state index contributed by atoms with van der Waals surface area (Å²) in [6.45, 7) is 0. The quantitative estimate of drug-likeness (QED) is 0.525. The van der Waals surface area contributed by atoms with Crippen molar-refractivity contribution in [3.63, 3.8) is 0 Å². The molecule has 0 aliphatic heterocycles. The van der Waals surface area contributed by atoms with Crippen LogP contribution < -0.4 is 0 Å². The van der Waals surface area contributed by atoms with Gasteiger partial charge in [-0.2, -0.15) is 0 Å². The number of aromatic nitrogens is 1. The maximum atomic E-state index is 13.0. The molecular formula is C25H37NO2. The third-order valence-corrected chi connectivity index (χ3v) is 7.55. The summed E-state index contributed by atoms with van der Waals surface area (Å²) < 4.78 is 5.31. The average molecular weight is 384 g/mol. The molecule has 1 aromatic rings. The van der Waals surface area contributed by atoms with Gasteiger partial charge in [0.25, 0.3) is 0 Å². The Morgan fingerprint density at radius 3 is 1.82 bits per heavy atom. The average Bonchev–Trinajstić information content (AvgIpc) is 2.79. The number of nitrogens with zero attached hydrogens (tertiary/aromatic N) is 1. The first-order valence-corrected chi connectivity index (χ1v) is 11.9. The van der Waals surface area contributed by atoms with Gasteiger partial charge in [-0.05, 0) is 56.1 Å². The van der Waals surface area contributed by atoms with Crippen LogP contribution in [0.4, 0.5) is 0 Å². The molecule has 154 valence electrons. The minimum Gasteiger partial charge on any atom is -0.465 e. The van der Waals surface area contributed by atoms with Gasteiger partial charge in [0, 0.05) is 17.5 Å². The van der Waals surface area contributed by atoms with Crippen LogP contribution in [0.3, 0.4) is 0 Å². The van der Waals surface area contributed by atoms with Crippen molar-refractivity contribution >= 4 is 5.97 Å². The molecule has 0 unspecified atom stereocenters. The first-order chi connectivity index (χ1) is 13.8. The lowest BCUT2D eigenvalue weighted by Crippen LogP contribution is -2.21. The number of pyridine rings is 1. The van der Waals surface area contributed by atoms with Crippen LogP contribution in [-0.2, 0) is 4.74 Å². The Morgan fingerprint density at radius 2 is 1.29 bits per heavy atom. The van der Waals surface area contributed by atoms with Gasteiger partial charge < -0.3 is 4.74 Å². The summed E-state index contributed by atoms with van der Waals surface area (Å²) in [5.74, 6) is 1.39. The highest BCUT2D eigenvalue weighted by atomic mass is 16.5. The molecule has 4 rings (SSSR count). The molecule has 3 saturated carbocycles. The third-order valence-electron chi connectivity index (χ3n) is 7.55. The van der Waals surface area contributed by atoms with Crippen molar-refractivity contribution in [1.82, 2.24) is 4.98 Å². The number of hydrogen-bond acceptors (Lipinski definition) is 3. The van der Waals surface area contributed by atoms with Gasteiger partial charge in [-0.25, -0.2) is 4.79 Å². The molecule has 0 N–H and O–H groups in total. The highest BCUT2D eigenvalue weighted by molar-refractivity contribution is 5.92. The molecule has 0 spiro atoms. The minimum absolute atomic E-state index is 0.149. The smallest absolute Gasteiger partial charge is 0.340 e. The van der Waals surface area contributed by atoms with Crippen LogP contribution in [-0.4, -0.2) is 18.1 Å². The van der Waals surface area contributed by atoms with Crippen LogP contribution >= 0.6 is 0 Å². The topological polar surface area (TPSA) is 39.2 Å². The second-order valence-electron chi connectivity index (χ2n) is 9.39. The summed E-state index contributed by atoms with van der Waals surface area (Å²) in [6.07, 6.45) is 19.1. The SMILES string of the molecule is COC(=O)c1c(C2CCCCC2)cc(C2CCCCC2)nc1C1CCCCC1. The van der Waals surface area contributed by atoms with E-state index in [9.17, 15) is 4.79 Å². The zero-order chi connectivity index (χ0) is 19.3. The van der Waals surface area contributed by atoms with Crippen LogP contribution in [0, 0.1) is 0 Å². The predicted molar refractivity (Wildman–Crippen MR) is 113 cm³/mol. The molecule has 28 heavy (non-hydrogen) atoms. The van der Waals surface area contributed by atoms with Gasteiger partial charge in [-0.15, -0.1) is 0 Å². The molecule has 1 aromatic heterocycles. The van der Waals surface area contributed by atoms with E-state index in [2.05, 4.69) is 6.07 Å². The van der Waals surface area contributed by atoms with E-state index in [1.807, 2.05) is 0 Å². The molecule has 0 saturated heterocycles. The lowest BCUT2D eigenvalue weighted by molar-refractivity contribution is 0.0595. The summed E-state index contributed by atoms with van der Waals surface area (Å²) in [5.41, 5.74) is 4.51. The maximum absolute atomic E-state index is 13.0. The molecule has 0 radical (unpaired) electrons. The largest absolute Gasteiger partial charge is 0.465 e. The molecule has 0 aromatic carbocycles. The summed E-state index contributed by atoms with van der Waals surface area (Å²) in [4.78, 5) is 18.2. The molecule has 3 aliphatic carbocycles. The van der Waals surface area contributed by atoms with Crippen molar-refractivity contribution in [3.8, 4) is 0 Å². The fourth-order valence-electron chi connectivity index (χ4n) is 5.95. The Bertz CT molecular complexity index is 626. The van der Waals surface area contributed by atoms with E-state index >= 15 is 0 Å². The standard InChI is InChI=1S/C25H37NO2/c1-28-25(27)23-21(18-11-5-2-6-12-18)17-22(19-13-7-3-8-14-19)26-24(23)20-15-9-4-10-16-20/h17-20H,2-16H2,1H3. The van der Waals surface area contributed by atoms with E-state index in [0.29, 0.717) is 17.8 Å². The van der Waals surface area contributed by atoms with Crippen LogP contribution in [0.2, 0.25) is 0 Å². The number of hydrogen-bond donors (Lipinski definition) is 0. The molecule has 3 heteroatoms. The lowest BCUT2D eigenvalue weighted by Gasteiger charge is -2.30. The van der Waals surface area contributed by atoms with Crippen molar-refractivity contribution < 1.29 is 9.53 Å². The number of rotatable bonds is 4. The number of carbonyl (C=O) groups excluding carboxylic acids is 1. The van der Waals surface area contributed by atoms with Crippen LogP contribution in [0.15, 0.2) is 6.07 Å². The van der Waals surface area contributed by atoms with E-state index < -0.39 is 0 Å².